The third-order valence-corrected chi connectivity index (χ3v) is 3.87. The van der Waals surface area contributed by atoms with Gasteiger partial charge in [-0.2, -0.15) is 10.1 Å². The molecular weight excluding hydrogens is 356 g/mol. The van der Waals surface area contributed by atoms with Crippen LogP contribution in [0.5, 0.6) is 5.75 Å². The highest BCUT2D eigenvalue weighted by Gasteiger charge is 2.34. The van der Waals surface area contributed by atoms with E-state index in [1.165, 1.54) is 46.7 Å². The van der Waals surface area contributed by atoms with Gasteiger partial charge in [0.25, 0.3) is 0 Å². The zero-order valence-electron chi connectivity index (χ0n) is 13.8. The smallest absolute Gasteiger partial charge is 0.345 e. The van der Waals surface area contributed by atoms with Gasteiger partial charge in [0, 0.05) is 18.2 Å². The second-order valence-electron chi connectivity index (χ2n) is 5.52. The number of rotatable bonds is 6. The first kappa shape index (κ1) is 17.9. The summed E-state index contributed by atoms with van der Waals surface area (Å²) in [5, 5.41) is 24.3. The maximum atomic E-state index is 12.6. The van der Waals surface area contributed by atoms with E-state index >= 15 is 0 Å². The Kier molecular flexibility index (Phi) is 5.00. The third kappa shape index (κ3) is 3.70. The first-order valence-corrected chi connectivity index (χ1v) is 7.80. The number of anilines is 1. The Bertz CT molecular complexity index is 931. The SMILES string of the molecule is O=C=NC(C(=O)O)c1ccc(O)cc1N1CCN(N=Cc2ccco2)C1=O. The van der Waals surface area contributed by atoms with Crippen molar-refractivity contribution >= 4 is 30.0 Å². The fraction of sp³-hybridized carbons (Fsp3) is 0.176. The number of hydrogen-bond acceptors (Lipinski definition) is 7. The second-order valence-corrected chi connectivity index (χ2v) is 5.52. The quantitative estimate of drug-likeness (QED) is 0.587. The van der Waals surface area contributed by atoms with Crippen molar-refractivity contribution in [3.8, 4) is 5.75 Å². The number of aromatic hydroxyl groups is 1. The Hall–Kier alpha value is -3.91. The zero-order valence-corrected chi connectivity index (χ0v) is 13.8. The molecule has 2 amide bonds. The summed E-state index contributed by atoms with van der Waals surface area (Å²) in [6.07, 6.45) is 4.07. The second kappa shape index (κ2) is 7.54. The Balaban J connectivity index is 1.92. The van der Waals surface area contributed by atoms with Crippen molar-refractivity contribution in [2.45, 2.75) is 6.04 Å². The van der Waals surface area contributed by atoms with E-state index in [0.717, 1.165) is 0 Å². The molecule has 2 aromatic rings. The van der Waals surface area contributed by atoms with Gasteiger partial charge in [-0.15, -0.1) is 0 Å². The highest BCUT2D eigenvalue weighted by molar-refractivity contribution is 5.96. The van der Waals surface area contributed by atoms with Gasteiger partial charge in [0.05, 0.1) is 24.7 Å². The molecule has 0 aliphatic carbocycles. The standard InChI is InChI=1S/C17H14N4O6/c22-10-18-15(16(24)25)13-4-3-11(23)8-14(13)20-5-6-21(17(20)26)19-9-12-2-1-7-27-12/h1-4,7-9,15,23H,5-6H2,(H,24,25). The zero-order chi connectivity index (χ0) is 19.4. The summed E-state index contributed by atoms with van der Waals surface area (Å²) in [5.74, 6) is -1.09. The number of nitrogens with zero attached hydrogens (tertiary/aromatic N) is 4. The predicted molar refractivity (Wildman–Crippen MR) is 92.4 cm³/mol. The Labute approximate surface area is 152 Å². The third-order valence-electron chi connectivity index (χ3n) is 3.87. The van der Waals surface area contributed by atoms with Gasteiger partial charge < -0.3 is 14.6 Å². The van der Waals surface area contributed by atoms with Crippen molar-refractivity contribution in [1.29, 1.82) is 0 Å². The number of carboxylic acid groups (broad SMARTS) is 1. The monoisotopic (exact) mass is 370 g/mol. The molecule has 0 radical (unpaired) electrons. The molecule has 27 heavy (non-hydrogen) atoms. The number of carboxylic acids is 1. The number of amides is 2. The number of carbonyl (C=O) groups excluding carboxylic acids is 2. The molecule has 1 fully saturated rings. The molecule has 138 valence electrons. The van der Waals surface area contributed by atoms with Crippen LogP contribution in [0, 0.1) is 0 Å². The van der Waals surface area contributed by atoms with Crippen molar-refractivity contribution < 1.29 is 29.0 Å². The molecule has 3 rings (SSSR count). The van der Waals surface area contributed by atoms with Gasteiger partial charge in [0.2, 0.25) is 6.08 Å². The first-order valence-electron chi connectivity index (χ1n) is 7.80. The minimum atomic E-state index is -1.55. The molecule has 0 spiro atoms. The van der Waals surface area contributed by atoms with Gasteiger partial charge in [-0.1, -0.05) is 6.07 Å². The van der Waals surface area contributed by atoms with Gasteiger partial charge in [-0.25, -0.2) is 19.4 Å². The molecule has 2 N–H and O–H groups in total. The van der Waals surface area contributed by atoms with E-state index < -0.39 is 18.0 Å². The maximum absolute atomic E-state index is 12.6. The van der Waals surface area contributed by atoms with Crippen LogP contribution in [0.3, 0.4) is 0 Å². The van der Waals surface area contributed by atoms with Crippen LogP contribution >= 0.6 is 0 Å². The number of urea groups is 1. The Morgan fingerprint density at radius 2 is 2.15 bits per heavy atom. The van der Waals surface area contributed by atoms with Gasteiger partial charge in [0.15, 0.2) is 6.04 Å². The van der Waals surface area contributed by atoms with Gasteiger partial charge in [0.1, 0.15) is 11.5 Å². The average Bonchev–Trinajstić information content (AvgIpc) is 3.28. The Morgan fingerprint density at radius 1 is 1.33 bits per heavy atom. The lowest BCUT2D eigenvalue weighted by atomic mass is 10.0. The number of isocyanates is 1. The fourth-order valence-corrected chi connectivity index (χ4v) is 2.65. The van der Waals surface area contributed by atoms with Crippen LogP contribution in [0.2, 0.25) is 0 Å². The molecule has 10 nitrogen and oxygen atoms in total. The summed E-state index contributed by atoms with van der Waals surface area (Å²) >= 11 is 0. The van der Waals surface area contributed by atoms with Crippen molar-refractivity contribution in [3.63, 3.8) is 0 Å². The highest BCUT2D eigenvalue weighted by atomic mass is 16.4. The topological polar surface area (TPSA) is 136 Å². The largest absolute Gasteiger partial charge is 0.508 e. The van der Waals surface area contributed by atoms with Crippen LogP contribution in [0.25, 0.3) is 0 Å². The maximum Gasteiger partial charge on any atom is 0.345 e. The summed E-state index contributed by atoms with van der Waals surface area (Å²) in [6, 6.07) is 5.07. The average molecular weight is 370 g/mol. The van der Waals surface area contributed by atoms with E-state index in [0.29, 0.717) is 5.76 Å². The number of phenolic OH excluding ortho intramolecular Hbond substituents is 1. The number of carbonyl (C=O) groups is 2. The van der Waals surface area contributed by atoms with E-state index in [-0.39, 0.29) is 30.1 Å². The first-order chi connectivity index (χ1) is 13.0. The van der Waals surface area contributed by atoms with E-state index in [4.69, 9.17) is 4.42 Å². The summed E-state index contributed by atoms with van der Waals surface area (Å²) < 4.78 is 5.11. The van der Waals surface area contributed by atoms with Gasteiger partial charge >= 0.3 is 12.0 Å². The molecule has 1 atom stereocenters. The molecule has 1 aromatic carbocycles. The van der Waals surface area contributed by atoms with Crippen molar-refractivity contribution in [3.05, 3.63) is 47.9 Å². The summed E-state index contributed by atoms with van der Waals surface area (Å²) in [6.45, 7) is 0.432. The molecule has 0 saturated carbocycles. The molecule has 1 aliphatic heterocycles. The van der Waals surface area contributed by atoms with Gasteiger partial charge in [-0.3, -0.25) is 4.90 Å². The van der Waals surface area contributed by atoms with E-state index in [1.807, 2.05) is 0 Å². The number of hydrazone groups is 1. The lowest BCUT2D eigenvalue weighted by Gasteiger charge is -2.21. The van der Waals surface area contributed by atoms with Crippen LogP contribution in [-0.4, -0.2) is 52.6 Å². The van der Waals surface area contributed by atoms with E-state index in [2.05, 4.69) is 10.1 Å². The molecule has 1 unspecified atom stereocenters. The number of aliphatic imine (C=N–C) groups is 1. The van der Waals surface area contributed by atoms with Gasteiger partial charge in [-0.05, 0) is 18.2 Å². The molecule has 0 bridgehead atoms. The number of aliphatic carboxylic acids is 1. The van der Waals surface area contributed by atoms with Crippen LogP contribution in [-0.2, 0) is 9.59 Å². The number of furan rings is 1. The molecule has 2 heterocycles. The Morgan fingerprint density at radius 3 is 2.81 bits per heavy atom. The summed E-state index contributed by atoms with van der Waals surface area (Å²) in [4.78, 5) is 39.2. The molecule has 10 heteroatoms. The van der Waals surface area contributed by atoms with Crippen LogP contribution < -0.4 is 4.90 Å². The highest BCUT2D eigenvalue weighted by Crippen LogP contribution is 2.34. The number of hydrogen-bond donors (Lipinski definition) is 2. The molecule has 1 saturated heterocycles. The van der Waals surface area contributed by atoms with Crippen molar-refractivity contribution in [2.24, 2.45) is 10.1 Å². The summed E-state index contributed by atoms with van der Waals surface area (Å²) in [5.41, 5.74) is 0.205. The van der Waals surface area contributed by atoms with E-state index in [1.54, 1.807) is 12.1 Å². The summed E-state index contributed by atoms with van der Waals surface area (Å²) in [7, 11) is 0. The van der Waals surface area contributed by atoms with Crippen LogP contribution in [0.15, 0.2) is 51.1 Å². The normalized spacial score (nSPS) is 15.2. The minimum Gasteiger partial charge on any atom is -0.508 e. The molecule has 1 aliphatic rings. The lowest BCUT2D eigenvalue weighted by Crippen LogP contribution is -2.30. The number of benzene rings is 1. The lowest BCUT2D eigenvalue weighted by molar-refractivity contribution is -0.138. The fourth-order valence-electron chi connectivity index (χ4n) is 2.65. The predicted octanol–water partition coefficient (Wildman–Crippen LogP) is 1.72. The molecular formula is C17H14N4O6. The minimum absolute atomic E-state index is 0.0777. The number of phenols is 1. The van der Waals surface area contributed by atoms with Crippen molar-refractivity contribution in [1.82, 2.24) is 5.01 Å². The van der Waals surface area contributed by atoms with Crippen LogP contribution in [0.1, 0.15) is 17.4 Å². The van der Waals surface area contributed by atoms with E-state index in [9.17, 15) is 24.6 Å². The van der Waals surface area contributed by atoms with Crippen molar-refractivity contribution in [2.75, 3.05) is 18.0 Å². The van der Waals surface area contributed by atoms with Crippen LogP contribution in [0.4, 0.5) is 10.5 Å². The molecule has 1 aromatic heterocycles.